The molecule has 5 heteroatoms. The van der Waals surface area contributed by atoms with Crippen LogP contribution in [0.5, 0.6) is 0 Å². The van der Waals surface area contributed by atoms with Gasteiger partial charge in [0, 0.05) is 5.56 Å². The van der Waals surface area contributed by atoms with Gasteiger partial charge in [0.2, 0.25) is 0 Å². The van der Waals surface area contributed by atoms with E-state index in [1.165, 1.54) is 0 Å². The molecule has 2 amide bonds. The molecule has 1 aromatic rings. The van der Waals surface area contributed by atoms with E-state index in [2.05, 4.69) is 10.9 Å². The Balaban J connectivity index is 2.49. The molecule has 5 nitrogen and oxygen atoms in total. The summed E-state index contributed by atoms with van der Waals surface area (Å²) in [5, 5.41) is 0. The lowest BCUT2D eigenvalue weighted by atomic mass is 10.1. The van der Waals surface area contributed by atoms with Crippen molar-refractivity contribution in [3.05, 3.63) is 35.4 Å². The van der Waals surface area contributed by atoms with Crippen molar-refractivity contribution in [2.75, 3.05) is 0 Å². The zero-order valence-electron chi connectivity index (χ0n) is 11.7. The summed E-state index contributed by atoms with van der Waals surface area (Å²) in [5.41, 5.74) is 5.53. The number of benzene rings is 1. The van der Waals surface area contributed by atoms with Crippen LogP contribution in [-0.2, 0) is 11.2 Å². The number of carbonyl (C=O) groups excluding carboxylic acids is 2. The van der Waals surface area contributed by atoms with E-state index in [4.69, 9.17) is 4.74 Å². The highest BCUT2D eigenvalue weighted by atomic mass is 16.6. The number of hydrazine groups is 1. The highest BCUT2D eigenvalue weighted by Crippen LogP contribution is 2.06. The average Bonchev–Trinajstić information content (AvgIpc) is 2.34. The van der Waals surface area contributed by atoms with Crippen molar-refractivity contribution in [1.29, 1.82) is 0 Å². The Morgan fingerprint density at radius 2 is 1.68 bits per heavy atom. The van der Waals surface area contributed by atoms with E-state index in [0.29, 0.717) is 5.56 Å². The Morgan fingerprint density at radius 3 is 2.16 bits per heavy atom. The quantitative estimate of drug-likeness (QED) is 0.806. The summed E-state index contributed by atoms with van der Waals surface area (Å²) in [6.45, 7) is 7.28. The molecule has 0 radical (unpaired) electrons. The van der Waals surface area contributed by atoms with Gasteiger partial charge in [-0.15, -0.1) is 0 Å². The van der Waals surface area contributed by atoms with Gasteiger partial charge in [-0.05, 0) is 44.9 Å². The summed E-state index contributed by atoms with van der Waals surface area (Å²) in [6.07, 6.45) is 0.226. The first kappa shape index (κ1) is 15.0. The number of hydrogen-bond acceptors (Lipinski definition) is 3. The van der Waals surface area contributed by atoms with Gasteiger partial charge in [0.25, 0.3) is 5.91 Å². The molecule has 0 saturated heterocycles. The molecular formula is C14H20N2O3. The number of ether oxygens (including phenoxy) is 1. The van der Waals surface area contributed by atoms with Gasteiger partial charge in [0.05, 0.1) is 0 Å². The van der Waals surface area contributed by atoms with E-state index < -0.39 is 11.7 Å². The molecule has 0 fully saturated rings. The molecule has 0 spiro atoms. The molecule has 2 N–H and O–H groups in total. The fraction of sp³-hybridized carbons (Fsp3) is 0.429. The van der Waals surface area contributed by atoms with Crippen LogP contribution in [0.25, 0.3) is 0 Å². The van der Waals surface area contributed by atoms with E-state index in [1.807, 2.05) is 19.1 Å². The van der Waals surface area contributed by atoms with Crippen molar-refractivity contribution in [2.24, 2.45) is 0 Å². The second-order valence-corrected chi connectivity index (χ2v) is 5.13. The summed E-state index contributed by atoms with van der Waals surface area (Å²) < 4.78 is 5.00. The monoisotopic (exact) mass is 264 g/mol. The predicted octanol–water partition coefficient (Wildman–Crippen LogP) is 2.42. The van der Waals surface area contributed by atoms with E-state index in [1.54, 1.807) is 32.9 Å². The molecule has 19 heavy (non-hydrogen) atoms. The molecule has 0 atom stereocenters. The van der Waals surface area contributed by atoms with Crippen molar-refractivity contribution >= 4 is 12.0 Å². The zero-order chi connectivity index (χ0) is 14.5. The van der Waals surface area contributed by atoms with Crippen LogP contribution in [0.15, 0.2) is 24.3 Å². The van der Waals surface area contributed by atoms with Crippen molar-refractivity contribution in [3.8, 4) is 0 Å². The Bertz CT molecular complexity index is 447. The topological polar surface area (TPSA) is 67.4 Å². The Morgan fingerprint density at radius 1 is 1.11 bits per heavy atom. The number of carbonyl (C=O) groups is 2. The molecule has 0 aliphatic carbocycles. The summed E-state index contributed by atoms with van der Waals surface area (Å²) in [6, 6.07) is 7.18. The summed E-state index contributed by atoms with van der Waals surface area (Å²) in [4.78, 5) is 23.1. The number of hydrogen-bond donors (Lipinski definition) is 2. The fourth-order valence-corrected chi connectivity index (χ4v) is 1.38. The molecule has 0 aromatic heterocycles. The standard InChI is InChI=1S/C14H20N2O3/c1-5-10-6-8-11(9-7-10)12(17)15-16-13(18)19-14(2,3)4/h6-9H,5H2,1-4H3,(H,15,17)(H,16,18). The molecule has 0 saturated carbocycles. The summed E-state index contributed by atoms with van der Waals surface area (Å²) in [7, 11) is 0. The molecule has 0 aliphatic heterocycles. The average molecular weight is 264 g/mol. The van der Waals surface area contributed by atoms with Crippen LogP contribution in [0.2, 0.25) is 0 Å². The fourth-order valence-electron chi connectivity index (χ4n) is 1.38. The smallest absolute Gasteiger partial charge is 0.426 e. The van der Waals surface area contributed by atoms with E-state index in [0.717, 1.165) is 12.0 Å². The molecule has 1 rings (SSSR count). The molecule has 0 heterocycles. The molecular weight excluding hydrogens is 244 g/mol. The first-order valence-electron chi connectivity index (χ1n) is 6.20. The minimum atomic E-state index is -0.689. The van der Waals surface area contributed by atoms with Crippen molar-refractivity contribution < 1.29 is 14.3 Å². The third-order valence-corrected chi connectivity index (χ3v) is 2.30. The molecule has 1 aromatic carbocycles. The van der Waals surface area contributed by atoms with Gasteiger partial charge in [0.15, 0.2) is 0 Å². The van der Waals surface area contributed by atoms with Crippen LogP contribution in [-0.4, -0.2) is 17.6 Å². The van der Waals surface area contributed by atoms with Gasteiger partial charge in [0.1, 0.15) is 5.60 Å². The van der Waals surface area contributed by atoms with Gasteiger partial charge >= 0.3 is 6.09 Å². The van der Waals surface area contributed by atoms with Gasteiger partial charge < -0.3 is 4.74 Å². The maximum atomic E-state index is 11.7. The molecule has 104 valence electrons. The Hall–Kier alpha value is -2.04. The van der Waals surface area contributed by atoms with E-state index in [-0.39, 0.29) is 5.91 Å². The van der Waals surface area contributed by atoms with Crippen molar-refractivity contribution in [3.63, 3.8) is 0 Å². The first-order chi connectivity index (χ1) is 8.81. The number of amides is 2. The van der Waals surface area contributed by atoms with Gasteiger partial charge in [-0.3, -0.25) is 10.2 Å². The minimum Gasteiger partial charge on any atom is -0.443 e. The maximum absolute atomic E-state index is 11.7. The molecule has 0 bridgehead atoms. The Labute approximate surface area is 113 Å². The van der Waals surface area contributed by atoms with E-state index in [9.17, 15) is 9.59 Å². The van der Waals surface area contributed by atoms with Crippen LogP contribution in [0.4, 0.5) is 4.79 Å². The number of rotatable bonds is 2. The van der Waals surface area contributed by atoms with Crippen LogP contribution < -0.4 is 10.9 Å². The predicted molar refractivity (Wildman–Crippen MR) is 72.7 cm³/mol. The summed E-state index contributed by atoms with van der Waals surface area (Å²) >= 11 is 0. The second-order valence-electron chi connectivity index (χ2n) is 5.13. The largest absolute Gasteiger partial charge is 0.443 e. The zero-order valence-corrected chi connectivity index (χ0v) is 11.7. The SMILES string of the molecule is CCc1ccc(C(=O)NNC(=O)OC(C)(C)C)cc1. The van der Waals surface area contributed by atoms with Gasteiger partial charge in [-0.1, -0.05) is 19.1 Å². The first-order valence-corrected chi connectivity index (χ1v) is 6.20. The molecule has 0 unspecified atom stereocenters. The van der Waals surface area contributed by atoms with Crippen LogP contribution >= 0.6 is 0 Å². The third-order valence-electron chi connectivity index (χ3n) is 2.30. The second kappa shape index (κ2) is 6.22. The number of nitrogens with one attached hydrogen (secondary N) is 2. The summed E-state index contributed by atoms with van der Waals surface area (Å²) in [5.74, 6) is -0.381. The number of aryl methyl sites for hydroxylation is 1. The highest BCUT2D eigenvalue weighted by molar-refractivity contribution is 5.94. The van der Waals surface area contributed by atoms with Gasteiger partial charge in [-0.25, -0.2) is 10.2 Å². The molecule has 0 aliphatic rings. The lowest BCUT2D eigenvalue weighted by Crippen LogP contribution is -2.44. The lowest BCUT2D eigenvalue weighted by Gasteiger charge is -2.19. The maximum Gasteiger partial charge on any atom is 0.426 e. The minimum absolute atomic E-state index is 0.381. The van der Waals surface area contributed by atoms with Gasteiger partial charge in [-0.2, -0.15) is 0 Å². The van der Waals surface area contributed by atoms with Crippen LogP contribution in [0.3, 0.4) is 0 Å². The van der Waals surface area contributed by atoms with Crippen LogP contribution in [0, 0.1) is 0 Å². The van der Waals surface area contributed by atoms with E-state index >= 15 is 0 Å². The third kappa shape index (κ3) is 5.42. The Kier molecular flexibility index (Phi) is 4.92. The van der Waals surface area contributed by atoms with Crippen LogP contribution in [0.1, 0.15) is 43.6 Å². The lowest BCUT2D eigenvalue weighted by molar-refractivity contribution is 0.0483. The van der Waals surface area contributed by atoms with Crippen molar-refractivity contribution in [1.82, 2.24) is 10.9 Å². The highest BCUT2D eigenvalue weighted by Gasteiger charge is 2.16. The normalized spacial score (nSPS) is 10.7. The van der Waals surface area contributed by atoms with Crippen molar-refractivity contribution in [2.45, 2.75) is 39.7 Å².